The molecule has 134 valence electrons. The second-order valence-electron chi connectivity index (χ2n) is 7.73. The highest BCUT2D eigenvalue weighted by Gasteiger charge is 2.17. The van der Waals surface area contributed by atoms with Crippen LogP contribution < -0.4 is 5.32 Å². The quantitative estimate of drug-likeness (QED) is 0.669. The lowest BCUT2D eigenvalue weighted by Crippen LogP contribution is -2.27. The van der Waals surface area contributed by atoms with E-state index in [0.29, 0.717) is 5.25 Å². The normalized spacial score (nSPS) is 12.9. The van der Waals surface area contributed by atoms with Crippen molar-refractivity contribution in [1.29, 1.82) is 0 Å². The Hall–Kier alpha value is -1.74. The van der Waals surface area contributed by atoms with Gasteiger partial charge in [-0.05, 0) is 35.6 Å². The van der Waals surface area contributed by atoms with E-state index >= 15 is 0 Å². The molecular weight excluding hydrogens is 326 g/mol. The molecule has 1 atom stereocenters. The van der Waals surface area contributed by atoms with Crippen LogP contribution in [0.2, 0.25) is 0 Å². The minimum Gasteiger partial charge on any atom is -0.345 e. The highest BCUT2D eigenvalue weighted by Crippen LogP contribution is 2.27. The molecule has 2 nitrogen and oxygen atoms in total. The molecule has 0 aromatic heterocycles. The second-order valence-corrected chi connectivity index (χ2v) is 9.35. The van der Waals surface area contributed by atoms with Crippen molar-refractivity contribution in [1.82, 2.24) is 5.32 Å². The lowest BCUT2D eigenvalue weighted by Gasteiger charge is -2.21. The van der Waals surface area contributed by atoms with Crippen molar-refractivity contribution >= 4 is 17.7 Å². The van der Waals surface area contributed by atoms with Crippen LogP contribution in [0.5, 0.6) is 0 Å². The van der Waals surface area contributed by atoms with Crippen molar-refractivity contribution in [3.05, 3.63) is 65.2 Å². The third kappa shape index (κ3) is 5.37. The molecule has 25 heavy (non-hydrogen) atoms. The predicted octanol–water partition coefficient (Wildman–Crippen LogP) is 5.98. The van der Waals surface area contributed by atoms with Crippen LogP contribution in [0, 0.1) is 0 Å². The Labute approximate surface area is 156 Å². The molecule has 1 amide bonds. The predicted molar refractivity (Wildman–Crippen MR) is 108 cm³/mol. The molecule has 0 saturated carbocycles. The lowest BCUT2D eigenvalue weighted by atomic mass is 9.86. The van der Waals surface area contributed by atoms with Gasteiger partial charge in [0.1, 0.15) is 0 Å². The van der Waals surface area contributed by atoms with Crippen molar-refractivity contribution in [2.24, 2.45) is 0 Å². The van der Waals surface area contributed by atoms with Crippen LogP contribution >= 0.6 is 11.8 Å². The summed E-state index contributed by atoms with van der Waals surface area (Å²) in [5.41, 5.74) is 3.31. The van der Waals surface area contributed by atoms with E-state index in [1.165, 1.54) is 5.56 Å². The van der Waals surface area contributed by atoms with Gasteiger partial charge in [0.25, 0.3) is 5.91 Å². The zero-order valence-electron chi connectivity index (χ0n) is 16.1. The minimum atomic E-state index is -0.0291. The number of hydrogen-bond acceptors (Lipinski definition) is 2. The molecule has 0 aliphatic rings. The first-order valence-corrected chi connectivity index (χ1v) is 9.73. The summed E-state index contributed by atoms with van der Waals surface area (Å²) in [5.74, 6) is -0.0175. The standard InChI is InChI=1S/C22H29NOS/c1-15(2)25-20-10-8-7-9-19(20)21(24)23-16(3)17-11-13-18(14-12-17)22(4,5)6/h7-16H,1-6H3,(H,23,24)/t16-/m0/s1. The summed E-state index contributed by atoms with van der Waals surface area (Å²) in [4.78, 5) is 13.8. The number of hydrogen-bond donors (Lipinski definition) is 1. The van der Waals surface area contributed by atoms with E-state index in [9.17, 15) is 4.79 Å². The monoisotopic (exact) mass is 355 g/mol. The molecule has 0 aliphatic carbocycles. The molecule has 0 radical (unpaired) electrons. The number of carbonyl (C=O) groups excluding carboxylic acids is 1. The Kier molecular flexibility index (Phi) is 6.34. The number of amides is 1. The molecule has 0 aliphatic heterocycles. The van der Waals surface area contributed by atoms with E-state index in [1.807, 2.05) is 31.2 Å². The Morgan fingerprint density at radius 3 is 2.12 bits per heavy atom. The van der Waals surface area contributed by atoms with Gasteiger partial charge in [-0.25, -0.2) is 0 Å². The third-order valence-electron chi connectivity index (χ3n) is 4.12. The van der Waals surface area contributed by atoms with Crippen molar-refractivity contribution in [3.63, 3.8) is 0 Å². The first kappa shape index (κ1) is 19.6. The van der Waals surface area contributed by atoms with Gasteiger partial charge in [0.05, 0.1) is 11.6 Å². The molecule has 2 aromatic rings. The Morgan fingerprint density at radius 1 is 0.960 bits per heavy atom. The Balaban J connectivity index is 2.13. The van der Waals surface area contributed by atoms with Crippen molar-refractivity contribution in [3.8, 4) is 0 Å². The van der Waals surface area contributed by atoms with Crippen LogP contribution in [0.25, 0.3) is 0 Å². The Bertz CT molecular complexity index is 714. The van der Waals surface area contributed by atoms with Crippen LogP contribution in [-0.2, 0) is 5.41 Å². The van der Waals surface area contributed by atoms with Crippen LogP contribution in [0.15, 0.2) is 53.4 Å². The van der Waals surface area contributed by atoms with Crippen LogP contribution in [0.1, 0.15) is 69.1 Å². The smallest absolute Gasteiger partial charge is 0.252 e. The van der Waals surface area contributed by atoms with Gasteiger partial charge in [0.15, 0.2) is 0 Å². The van der Waals surface area contributed by atoms with Crippen LogP contribution in [-0.4, -0.2) is 11.2 Å². The maximum absolute atomic E-state index is 12.7. The minimum absolute atomic E-state index is 0.0175. The van der Waals surface area contributed by atoms with E-state index in [4.69, 9.17) is 0 Å². The SMILES string of the molecule is CC(C)Sc1ccccc1C(=O)N[C@@H](C)c1ccc(C(C)(C)C)cc1. The maximum atomic E-state index is 12.7. The topological polar surface area (TPSA) is 29.1 Å². The van der Waals surface area contributed by atoms with Gasteiger partial charge < -0.3 is 5.32 Å². The maximum Gasteiger partial charge on any atom is 0.252 e. The highest BCUT2D eigenvalue weighted by atomic mass is 32.2. The van der Waals surface area contributed by atoms with Gasteiger partial charge in [-0.15, -0.1) is 11.8 Å². The summed E-state index contributed by atoms with van der Waals surface area (Å²) in [5, 5.41) is 3.57. The van der Waals surface area contributed by atoms with E-state index in [1.54, 1.807) is 11.8 Å². The van der Waals surface area contributed by atoms with E-state index in [0.717, 1.165) is 16.0 Å². The van der Waals surface area contributed by atoms with Crippen molar-refractivity contribution < 1.29 is 4.79 Å². The number of nitrogens with one attached hydrogen (secondary N) is 1. The molecule has 0 heterocycles. The summed E-state index contributed by atoms with van der Waals surface area (Å²) in [6, 6.07) is 16.3. The van der Waals surface area contributed by atoms with Gasteiger partial charge in [-0.1, -0.05) is 71.0 Å². The van der Waals surface area contributed by atoms with Crippen molar-refractivity contribution in [2.45, 2.75) is 63.1 Å². The lowest BCUT2D eigenvalue weighted by molar-refractivity contribution is 0.0937. The summed E-state index contributed by atoms with van der Waals surface area (Å²) < 4.78 is 0. The average Bonchev–Trinajstić information content (AvgIpc) is 2.54. The molecule has 0 spiro atoms. The van der Waals surface area contributed by atoms with Gasteiger partial charge in [-0.2, -0.15) is 0 Å². The molecule has 0 unspecified atom stereocenters. The van der Waals surface area contributed by atoms with Gasteiger partial charge in [-0.3, -0.25) is 4.79 Å². The fourth-order valence-corrected chi connectivity index (χ4v) is 3.59. The van der Waals surface area contributed by atoms with Gasteiger partial charge in [0.2, 0.25) is 0 Å². The summed E-state index contributed by atoms with van der Waals surface area (Å²) in [7, 11) is 0. The summed E-state index contributed by atoms with van der Waals surface area (Å²) >= 11 is 1.72. The molecule has 2 rings (SSSR count). The zero-order valence-corrected chi connectivity index (χ0v) is 16.9. The van der Waals surface area contributed by atoms with E-state index < -0.39 is 0 Å². The summed E-state index contributed by atoms with van der Waals surface area (Å²) in [6.07, 6.45) is 0. The molecule has 2 aromatic carbocycles. The van der Waals surface area contributed by atoms with E-state index in [-0.39, 0.29) is 17.4 Å². The van der Waals surface area contributed by atoms with Crippen LogP contribution in [0.4, 0.5) is 0 Å². The first-order chi connectivity index (χ1) is 11.7. The molecule has 0 fully saturated rings. The fraction of sp³-hybridized carbons (Fsp3) is 0.409. The number of thioether (sulfide) groups is 1. The number of rotatable bonds is 5. The number of carbonyl (C=O) groups is 1. The molecule has 1 N–H and O–H groups in total. The molecule has 3 heteroatoms. The van der Waals surface area contributed by atoms with Gasteiger partial charge in [0, 0.05) is 10.1 Å². The third-order valence-corrected chi connectivity index (χ3v) is 5.20. The largest absolute Gasteiger partial charge is 0.345 e. The molecule has 0 bridgehead atoms. The first-order valence-electron chi connectivity index (χ1n) is 8.85. The fourth-order valence-electron chi connectivity index (χ4n) is 2.64. The highest BCUT2D eigenvalue weighted by molar-refractivity contribution is 8.00. The van der Waals surface area contributed by atoms with Crippen LogP contribution in [0.3, 0.4) is 0 Å². The Morgan fingerprint density at radius 2 is 1.56 bits per heavy atom. The number of benzene rings is 2. The molecular formula is C22H29NOS. The summed E-state index contributed by atoms with van der Waals surface area (Å²) in [6.45, 7) is 12.9. The molecule has 0 saturated heterocycles. The second kappa shape index (κ2) is 8.09. The van der Waals surface area contributed by atoms with E-state index in [2.05, 4.69) is 64.2 Å². The average molecular weight is 356 g/mol. The van der Waals surface area contributed by atoms with Gasteiger partial charge >= 0.3 is 0 Å². The van der Waals surface area contributed by atoms with Crippen molar-refractivity contribution in [2.75, 3.05) is 0 Å². The zero-order chi connectivity index (χ0) is 18.6.